The molecule has 1 aliphatic carbocycles. The summed E-state index contributed by atoms with van der Waals surface area (Å²) in [4.78, 5) is 21.5. The zero-order valence-electron chi connectivity index (χ0n) is 14.5. The molecule has 2 N–H and O–H groups in total. The van der Waals surface area contributed by atoms with Gasteiger partial charge in [0.05, 0.1) is 6.61 Å². The van der Waals surface area contributed by atoms with Crippen LogP contribution in [-0.2, 0) is 4.74 Å². The number of methoxy groups -OCH3 is 1. The van der Waals surface area contributed by atoms with Crippen LogP contribution in [0.4, 0.5) is 5.82 Å². The largest absolute Gasteiger partial charge is 0.383 e. The lowest BCUT2D eigenvalue weighted by Crippen LogP contribution is -2.28. The summed E-state index contributed by atoms with van der Waals surface area (Å²) >= 11 is 0. The number of amides is 1. The molecule has 0 unspecified atom stereocenters. The first-order chi connectivity index (χ1) is 12.3. The van der Waals surface area contributed by atoms with Gasteiger partial charge in [-0.1, -0.05) is 43.2 Å². The summed E-state index contributed by atoms with van der Waals surface area (Å²) in [7, 11) is 1.61. The van der Waals surface area contributed by atoms with E-state index in [1.54, 1.807) is 13.2 Å². The smallest absolute Gasteiger partial charge is 0.270 e. The number of hydrogen-bond donors (Lipinski definition) is 2. The Morgan fingerprint density at radius 3 is 2.68 bits per heavy atom. The van der Waals surface area contributed by atoms with Crippen LogP contribution >= 0.6 is 0 Å². The van der Waals surface area contributed by atoms with Crippen LogP contribution in [0.15, 0.2) is 36.4 Å². The number of nitrogens with zero attached hydrogens (tertiary/aromatic N) is 2. The van der Waals surface area contributed by atoms with Crippen molar-refractivity contribution >= 4 is 11.7 Å². The van der Waals surface area contributed by atoms with Crippen molar-refractivity contribution in [1.82, 2.24) is 15.3 Å². The summed E-state index contributed by atoms with van der Waals surface area (Å²) in [6.45, 7) is 0.918. The summed E-state index contributed by atoms with van der Waals surface area (Å²) < 4.78 is 4.97. The van der Waals surface area contributed by atoms with Gasteiger partial charge >= 0.3 is 0 Å². The lowest BCUT2D eigenvalue weighted by Gasteiger charge is -2.14. The lowest BCUT2D eigenvalue weighted by molar-refractivity contribution is 0.0932. The monoisotopic (exact) mass is 340 g/mol. The number of benzene rings is 1. The molecule has 1 amide bonds. The first-order valence-corrected chi connectivity index (χ1v) is 8.74. The Labute approximate surface area is 148 Å². The summed E-state index contributed by atoms with van der Waals surface area (Å²) in [5.41, 5.74) is 1.26. The molecule has 1 fully saturated rings. The Hall–Kier alpha value is -2.47. The molecule has 6 heteroatoms. The minimum absolute atomic E-state index is 0.217. The van der Waals surface area contributed by atoms with E-state index in [2.05, 4.69) is 20.6 Å². The fraction of sp³-hybridized carbons (Fsp3) is 0.421. The molecular weight excluding hydrogens is 316 g/mol. The van der Waals surface area contributed by atoms with E-state index in [1.807, 2.05) is 30.3 Å². The van der Waals surface area contributed by atoms with E-state index in [0.717, 1.165) is 18.4 Å². The number of ether oxygens (including phenoxy) is 1. The number of nitrogens with one attached hydrogen (secondary N) is 2. The van der Waals surface area contributed by atoms with E-state index >= 15 is 0 Å². The molecule has 1 aromatic heterocycles. The van der Waals surface area contributed by atoms with Crippen molar-refractivity contribution in [2.75, 3.05) is 25.6 Å². The van der Waals surface area contributed by atoms with E-state index in [-0.39, 0.29) is 5.91 Å². The van der Waals surface area contributed by atoms with Crippen molar-refractivity contribution in [1.29, 1.82) is 0 Å². The molecule has 1 aliphatic rings. The maximum atomic E-state index is 12.4. The molecule has 0 bridgehead atoms. The van der Waals surface area contributed by atoms with Crippen molar-refractivity contribution in [3.05, 3.63) is 42.1 Å². The highest BCUT2D eigenvalue weighted by Gasteiger charge is 2.18. The van der Waals surface area contributed by atoms with E-state index in [0.29, 0.717) is 36.5 Å². The van der Waals surface area contributed by atoms with Crippen LogP contribution in [0.2, 0.25) is 0 Å². The molecule has 0 radical (unpaired) electrons. The van der Waals surface area contributed by atoms with Crippen molar-refractivity contribution < 1.29 is 9.53 Å². The van der Waals surface area contributed by atoms with Crippen LogP contribution in [0.3, 0.4) is 0 Å². The SMILES string of the molecule is COCCNC(=O)c1cc(NC2CCCC2)nc(-c2ccccc2)n1. The van der Waals surface area contributed by atoms with Crippen molar-refractivity contribution in [2.24, 2.45) is 0 Å². The number of carbonyl (C=O) groups excluding carboxylic acids is 1. The van der Waals surface area contributed by atoms with E-state index in [9.17, 15) is 4.79 Å². The normalized spacial score (nSPS) is 14.4. The molecular formula is C19H24N4O2. The maximum absolute atomic E-state index is 12.4. The maximum Gasteiger partial charge on any atom is 0.270 e. The molecule has 132 valence electrons. The Kier molecular flexibility index (Phi) is 5.95. The van der Waals surface area contributed by atoms with E-state index in [1.165, 1.54) is 12.8 Å². The van der Waals surface area contributed by atoms with Gasteiger partial charge in [-0.3, -0.25) is 4.79 Å². The highest BCUT2D eigenvalue weighted by atomic mass is 16.5. The Bertz CT molecular complexity index is 700. The molecule has 6 nitrogen and oxygen atoms in total. The summed E-state index contributed by atoms with van der Waals surface area (Å²) in [5, 5.41) is 6.28. The van der Waals surface area contributed by atoms with Gasteiger partial charge < -0.3 is 15.4 Å². The fourth-order valence-corrected chi connectivity index (χ4v) is 2.99. The number of aromatic nitrogens is 2. The molecule has 1 aromatic carbocycles. The Morgan fingerprint density at radius 1 is 1.20 bits per heavy atom. The molecule has 1 heterocycles. The quantitative estimate of drug-likeness (QED) is 0.758. The predicted molar refractivity (Wildman–Crippen MR) is 97.6 cm³/mol. The molecule has 0 atom stereocenters. The second-order valence-corrected chi connectivity index (χ2v) is 6.20. The fourth-order valence-electron chi connectivity index (χ4n) is 2.99. The average Bonchev–Trinajstić information content (AvgIpc) is 3.15. The van der Waals surface area contributed by atoms with Crippen LogP contribution in [0.1, 0.15) is 36.2 Å². The third-order valence-electron chi connectivity index (χ3n) is 4.29. The van der Waals surface area contributed by atoms with Gasteiger partial charge in [-0.05, 0) is 12.8 Å². The number of anilines is 1. The topological polar surface area (TPSA) is 76.1 Å². The first kappa shape index (κ1) is 17.4. The third kappa shape index (κ3) is 4.76. The molecule has 1 saturated carbocycles. The second-order valence-electron chi connectivity index (χ2n) is 6.20. The zero-order chi connectivity index (χ0) is 17.5. The van der Waals surface area contributed by atoms with Crippen LogP contribution in [-0.4, -0.2) is 42.2 Å². The summed E-state index contributed by atoms with van der Waals surface area (Å²) in [5.74, 6) is 1.05. The van der Waals surface area contributed by atoms with Gasteiger partial charge in [-0.25, -0.2) is 9.97 Å². The van der Waals surface area contributed by atoms with Gasteiger partial charge in [0.1, 0.15) is 11.5 Å². The van der Waals surface area contributed by atoms with Gasteiger partial charge in [0.2, 0.25) is 0 Å². The van der Waals surface area contributed by atoms with Crippen LogP contribution in [0.25, 0.3) is 11.4 Å². The lowest BCUT2D eigenvalue weighted by atomic mass is 10.2. The Morgan fingerprint density at radius 2 is 1.96 bits per heavy atom. The Balaban J connectivity index is 1.86. The van der Waals surface area contributed by atoms with Gasteiger partial charge in [0, 0.05) is 31.3 Å². The summed E-state index contributed by atoms with van der Waals surface area (Å²) in [6, 6.07) is 11.9. The molecule has 0 saturated heterocycles. The zero-order valence-corrected chi connectivity index (χ0v) is 14.5. The first-order valence-electron chi connectivity index (χ1n) is 8.74. The molecule has 0 aliphatic heterocycles. The molecule has 3 rings (SSSR count). The van der Waals surface area contributed by atoms with Crippen molar-refractivity contribution in [3.8, 4) is 11.4 Å². The second kappa shape index (κ2) is 8.58. The third-order valence-corrected chi connectivity index (χ3v) is 4.29. The van der Waals surface area contributed by atoms with Gasteiger partial charge in [0.15, 0.2) is 5.82 Å². The highest BCUT2D eigenvalue weighted by Crippen LogP contribution is 2.23. The average molecular weight is 340 g/mol. The minimum Gasteiger partial charge on any atom is -0.383 e. The van der Waals surface area contributed by atoms with Gasteiger partial charge in [-0.2, -0.15) is 0 Å². The standard InChI is InChI=1S/C19H24N4O2/c1-25-12-11-20-19(24)16-13-17(21-15-9-5-6-10-15)23-18(22-16)14-7-3-2-4-8-14/h2-4,7-8,13,15H,5-6,9-12H2,1H3,(H,20,24)(H,21,22,23). The van der Waals surface area contributed by atoms with Crippen LogP contribution in [0.5, 0.6) is 0 Å². The van der Waals surface area contributed by atoms with E-state index in [4.69, 9.17) is 4.74 Å². The molecule has 25 heavy (non-hydrogen) atoms. The number of hydrogen-bond acceptors (Lipinski definition) is 5. The predicted octanol–water partition coefficient (Wildman–Crippen LogP) is 2.87. The van der Waals surface area contributed by atoms with Gasteiger partial charge in [-0.15, -0.1) is 0 Å². The van der Waals surface area contributed by atoms with Crippen LogP contribution in [0, 0.1) is 0 Å². The molecule has 2 aromatic rings. The van der Waals surface area contributed by atoms with Crippen molar-refractivity contribution in [3.63, 3.8) is 0 Å². The van der Waals surface area contributed by atoms with Crippen LogP contribution < -0.4 is 10.6 Å². The number of rotatable bonds is 7. The highest BCUT2D eigenvalue weighted by molar-refractivity contribution is 5.93. The van der Waals surface area contributed by atoms with Crippen molar-refractivity contribution in [2.45, 2.75) is 31.7 Å². The van der Waals surface area contributed by atoms with E-state index < -0.39 is 0 Å². The van der Waals surface area contributed by atoms with Gasteiger partial charge in [0.25, 0.3) is 5.91 Å². The minimum atomic E-state index is -0.217. The molecule has 0 spiro atoms. The summed E-state index contributed by atoms with van der Waals surface area (Å²) in [6.07, 6.45) is 4.75. The number of carbonyl (C=O) groups is 1.